The minimum Gasteiger partial charge on any atom is -0.312 e. The maximum absolute atomic E-state index is 3.48. The number of halogens is 1. The van der Waals surface area contributed by atoms with Gasteiger partial charge in [-0.3, -0.25) is 0 Å². The first-order valence-electron chi connectivity index (χ1n) is 4.80. The third kappa shape index (κ3) is 3.27. The molecule has 0 saturated heterocycles. The van der Waals surface area contributed by atoms with E-state index in [4.69, 9.17) is 0 Å². The molecule has 0 atom stereocenters. The summed E-state index contributed by atoms with van der Waals surface area (Å²) in [6, 6.07) is 8.72. The van der Waals surface area contributed by atoms with Gasteiger partial charge in [-0.1, -0.05) is 12.1 Å². The predicted octanol–water partition coefficient (Wildman–Crippen LogP) is 2.79. The summed E-state index contributed by atoms with van der Waals surface area (Å²) in [5.74, 6) is 0.976. The van der Waals surface area contributed by atoms with Crippen LogP contribution in [-0.2, 0) is 6.54 Å². The lowest BCUT2D eigenvalue weighted by Crippen LogP contribution is -2.15. The number of hydrogen-bond acceptors (Lipinski definition) is 1. The molecule has 1 aliphatic rings. The molecule has 0 spiro atoms. The van der Waals surface area contributed by atoms with Crippen molar-refractivity contribution in [3.8, 4) is 0 Å². The molecule has 1 saturated carbocycles. The molecule has 1 N–H and O–H groups in total. The lowest BCUT2D eigenvalue weighted by molar-refractivity contribution is 0.638. The number of nitrogens with one attached hydrogen (secondary N) is 1. The standard InChI is InChI=1S/C11H14IN/c12-11-5-3-10(4-6-11)8-13-7-9-1-2-9/h3-6,9,13H,1-2,7-8H2. The van der Waals surface area contributed by atoms with E-state index in [0.29, 0.717) is 0 Å². The van der Waals surface area contributed by atoms with Gasteiger partial charge in [0, 0.05) is 10.1 Å². The monoisotopic (exact) mass is 287 g/mol. The fourth-order valence-electron chi connectivity index (χ4n) is 1.34. The maximum atomic E-state index is 3.48. The van der Waals surface area contributed by atoms with Crippen LogP contribution in [0, 0.1) is 9.49 Å². The van der Waals surface area contributed by atoms with Crippen molar-refractivity contribution in [3.63, 3.8) is 0 Å². The van der Waals surface area contributed by atoms with E-state index in [1.54, 1.807) is 0 Å². The van der Waals surface area contributed by atoms with Crippen LogP contribution in [0.15, 0.2) is 24.3 Å². The molecule has 13 heavy (non-hydrogen) atoms. The Hall–Kier alpha value is -0.0900. The van der Waals surface area contributed by atoms with E-state index in [-0.39, 0.29) is 0 Å². The fourth-order valence-corrected chi connectivity index (χ4v) is 1.70. The molecule has 1 fully saturated rings. The minimum absolute atomic E-state index is 0.976. The second kappa shape index (κ2) is 4.42. The highest BCUT2D eigenvalue weighted by Crippen LogP contribution is 2.27. The van der Waals surface area contributed by atoms with E-state index in [2.05, 4.69) is 52.2 Å². The molecule has 2 heteroatoms. The Morgan fingerprint density at radius 1 is 1.23 bits per heavy atom. The van der Waals surface area contributed by atoms with Gasteiger partial charge >= 0.3 is 0 Å². The average molecular weight is 287 g/mol. The Bertz CT molecular complexity index is 264. The number of hydrogen-bond donors (Lipinski definition) is 1. The van der Waals surface area contributed by atoms with Crippen LogP contribution in [0.5, 0.6) is 0 Å². The van der Waals surface area contributed by atoms with Crippen molar-refractivity contribution < 1.29 is 0 Å². The van der Waals surface area contributed by atoms with E-state index in [9.17, 15) is 0 Å². The minimum atomic E-state index is 0.976. The van der Waals surface area contributed by atoms with Crippen molar-refractivity contribution in [1.82, 2.24) is 5.32 Å². The molecule has 70 valence electrons. The van der Waals surface area contributed by atoms with Gasteiger partial charge in [-0.15, -0.1) is 0 Å². The fraction of sp³-hybridized carbons (Fsp3) is 0.455. The summed E-state index contributed by atoms with van der Waals surface area (Å²) < 4.78 is 1.31. The Morgan fingerprint density at radius 2 is 1.92 bits per heavy atom. The van der Waals surface area contributed by atoms with E-state index in [1.165, 1.54) is 28.5 Å². The molecular formula is C11H14IN. The third-order valence-electron chi connectivity index (χ3n) is 2.37. The summed E-state index contributed by atoms with van der Waals surface area (Å²) in [6.07, 6.45) is 2.86. The molecule has 1 aliphatic carbocycles. The molecule has 0 radical (unpaired) electrons. The summed E-state index contributed by atoms with van der Waals surface area (Å²) in [4.78, 5) is 0. The Balaban J connectivity index is 1.76. The maximum Gasteiger partial charge on any atom is 0.0205 e. The van der Waals surface area contributed by atoms with Crippen molar-refractivity contribution >= 4 is 22.6 Å². The van der Waals surface area contributed by atoms with Crippen LogP contribution in [0.4, 0.5) is 0 Å². The third-order valence-corrected chi connectivity index (χ3v) is 3.09. The first-order chi connectivity index (χ1) is 6.34. The van der Waals surface area contributed by atoms with Crippen LogP contribution in [0.3, 0.4) is 0 Å². The molecule has 0 amide bonds. The number of rotatable bonds is 4. The van der Waals surface area contributed by atoms with Gasteiger partial charge in [-0.2, -0.15) is 0 Å². The molecule has 2 rings (SSSR count). The molecule has 1 nitrogen and oxygen atoms in total. The quantitative estimate of drug-likeness (QED) is 0.840. The van der Waals surface area contributed by atoms with Gasteiger partial charge in [-0.25, -0.2) is 0 Å². The summed E-state index contributed by atoms with van der Waals surface area (Å²) in [7, 11) is 0. The van der Waals surface area contributed by atoms with Crippen molar-refractivity contribution in [1.29, 1.82) is 0 Å². The molecule has 1 aromatic carbocycles. The van der Waals surface area contributed by atoms with Crippen LogP contribution in [0.1, 0.15) is 18.4 Å². The summed E-state index contributed by atoms with van der Waals surface area (Å²) in [6.45, 7) is 2.22. The van der Waals surface area contributed by atoms with Gasteiger partial charge in [0.05, 0.1) is 0 Å². The zero-order valence-electron chi connectivity index (χ0n) is 7.59. The van der Waals surface area contributed by atoms with E-state index >= 15 is 0 Å². The second-order valence-electron chi connectivity index (χ2n) is 3.70. The van der Waals surface area contributed by atoms with Crippen LogP contribution in [-0.4, -0.2) is 6.54 Å². The molecule has 0 bridgehead atoms. The SMILES string of the molecule is Ic1ccc(CNCC2CC2)cc1. The zero-order valence-corrected chi connectivity index (χ0v) is 9.75. The van der Waals surface area contributed by atoms with Gasteiger partial charge in [0.15, 0.2) is 0 Å². The Morgan fingerprint density at radius 3 is 2.54 bits per heavy atom. The lowest BCUT2D eigenvalue weighted by atomic mass is 10.2. The van der Waals surface area contributed by atoms with Gasteiger partial charge in [0.1, 0.15) is 0 Å². The van der Waals surface area contributed by atoms with Crippen LogP contribution in [0.25, 0.3) is 0 Å². The van der Waals surface area contributed by atoms with E-state index < -0.39 is 0 Å². The first-order valence-corrected chi connectivity index (χ1v) is 5.87. The molecule has 0 unspecified atom stereocenters. The Labute approximate surface area is 93.1 Å². The van der Waals surface area contributed by atoms with E-state index in [1.807, 2.05) is 0 Å². The summed E-state index contributed by atoms with van der Waals surface area (Å²) >= 11 is 2.33. The molecule has 0 aromatic heterocycles. The van der Waals surface area contributed by atoms with Crippen molar-refractivity contribution in [3.05, 3.63) is 33.4 Å². The second-order valence-corrected chi connectivity index (χ2v) is 4.95. The van der Waals surface area contributed by atoms with Crippen LogP contribution >= 0.6 is 22.6 Å². The smallest absolute Gasteiger partial charge is 0.0205 e. The van der Waals surface area contributed by atoms with Crippen molar-refractivity contribution in [2.45, 2.75) is 19.4 Å². The highest BCUT2D eigenvalue weighted by molar-refractivity contribution is 14.1. The highest BCUT2D eigenvalue weighted by Gasteiger charge is 2.19. The molecule has 0 heterocycles. The van der Waals surface area contributed by atoms with Crippen LogP contribution < -0.4 is 5.32 Å². The predicted molar refractivity (Wildman–Crippen MR) is 63.6 cm³/mol. The van der Waals surface area contributed by atoms with Gasteiger partial charge in [-0.05, 0) is 65.6 Å². The normalized spacial score (nSPS) is 16.1. The van der Waals surface area contributed by atoms with Gasteiger partial charge in [0.2, 0.25) is 0 Å². The summed E-state index contributed by atoms with van der Waals surface area (Å²) in [5, 5.41) is 3.48. The Kier molecular flexibility index (Phi) is 3.22. The van der Waals surface area contributed by atoms with Crippen molar-refractivity contribution in [2.24, 2.45) is 5.92 Å². The number of benzene rings is 1. The molecular weight excluding hydrogens is 273 g/mol. The molecule has 0 aliphatic heterocycles. The van der Waals surface area contributed by atoms with E-state index in [0.717, 1.165) is 12.5 Å². The van der Waals surface area contributed by atoms with Crippen LogP contribution in [0.2, 0.25) is 0 Å². The lowest BCUT2D eigenvalue weighted by Gasteiger charge is -2.03. The van der Waals surface area contributed by atoms with Gasteiger partial charge in [0.25, 0.3) is 0 Å². The first kappa shape index (κ1) is 9.46. The van der Waals surface area contributed by atoms with Gasteiger partial charge < -0.3 is 5.32 Å². The zero-order chi connectivity index (χ0) is 9.10. The topological polar surface area (TPSA) is 12.0 Å². The summed E-state index contributed by atoms with van der Waals surface area (Å²) in [5.41, 5.74) is 1.39. The average Bonchev–Trinajstić information content (AvgIpc) is 2.92. The van der Waals surface area contributed by atoms with Crippen molar-refractivity contribution in [2.75, 3.05) is 6.54 Å². The molecule has 1 aromatic rings. The largest absolute Gasteiger partial charge is 0.312 e. The highest BCUT2D eigenvalue weighted by atomic mass is 127.